The Kier molecular flexibility index (Phi) is 4.00. The topological polar surface area (TPSA) is 38.5 Å². The van der Waals surface area contributed by atoms with Crippen LogP contribution in [0.25, 0.3) is 0 Å². The Hall–Kier alpha value is -0.120. The molecule has 3 atom stereocenters. The van der Waals surface area contributed by atoms with E-state index in [0.717, 1.165) is 31.5 Å². The maximum absolute atomic E-state index is 5.59. The van der Waals surface area contributed by atoms with Gasteiger partial charge in [0, 0.05) is 25.7 Å². The van der Waals surface area contributed by atoms with E-state index in [9.17, 15) is 0 Å². The molecule has 0 aromatic heterocycles. The lowest BCUT2D eigenvalue weighted by Gasteiger charge is -2.34. The highest BCUT2D eigenvalue weighted by molar-refractivity contribution is 4.95. The lowest BCUT2D eigenvalue weighted by molar-refractivity contribution is 0.0638. The average molecular weight is 212 g/mol. The molecule has 2 bridgehead atoms. The third-order valence-corrected chi connectivity index (χ3v) is 4.02. The van der Waals surface area contributed by atoms with Crippen molar-refractivity contribution in [3.63, 3.8) is 0 Å². The standard InChI is InChI=1S/C12H24N2O/c1-15-9-12(3-2-6-13)14-8-10-4-5-11(14)7-10/h10-12H,2-9,13H2,1H3. The number of likely N-dealkylation sites (tertiary alicyclic amines) is 1. The van der Waals surface area contributed by atoms with E-state index in [-0.39, 0.29) is 0 Å². The first-order valence-electron chi connectivity index (χ1n) is 6.30. The monoisotopic (exact) mass is 212 g/mol. The molecule has 0 spiro atoms. The number of hydrogen-bond donors (Lipinski definition) is 1. The van der Waals surface area contributed by atoms with E-state index in [1.165, 1.54) is 32.2 Å². The first kappa shape index (κ1) is 11.4. The predicted octanol–water partition coefficient (Wildman–Crippen LogP) is 1.22. The molecule has 1 saturated heterocycles. The fourth-order valence-corrected chi connectivity index (χ4v) is 3.30. The van der Waals surface area contributed by atoms with Crippen LogP contribution >= 0.6 is 0 Å². The van der Waals surface area contributed by atoms with Crippen LogP contribution in [-0.4, -0.2) is 43.8 Å². The van der Waals surface area contributed by atoms with Crippen molar-refractivity contribution in [3.8, 4) is 0 Å². The minimum Gasteiger partial charge on any atom is -0.383 e. The van der Waals surface area contributed by atoms with E-state index < -0.39 is 0 Å². The Morgan fingerprint density at radius 1 is 1.47 bits per heavy atom. The molecule has 0 aromatic carbocycles. The van der Waals surface area contributed by atoms with Gasteiger partial charge in [0.15, 0.2) is 0 Å². The minimum atomic E-state index is 0.619. The summed E-state index contributed by atoms with van der Waals surface area (Å²) in [7, 11) is 1.81. The molecule has 3 heteroatoms. The lowest BCUT2D eigenvalue weighted by atomic mass is 10.1. The zero-order valence-electron chi connectivity index (χ0n) is 9.82. The summed E-state index contributed by atoms with van der Waals surface area (Å²) in [5.41, 5.74) is 5.59. The number of nitrogens with two attached hydrogens (primary N) is 1. The summed E-state index contributed by atoms with van der Waals surface area (Å²) in [6.45, 7) is 2.99. The van der Waals surface area contributed by atoms with E-state index in [1.54, 1.807) is 0 Å². The highest BCUT2D eigenvalue weighted by Crippen LogP contribution is 2.39. The largest absolute Gasteiger partial charge is 0.383 e. The van der Waals surface area contributed by atoms with Crippen LogP contribution in [0.2, 0.25) is 0 Å². The van der Waals surface area contributed by atoms with Gasteiger partial charge < -0.3 is 10.5 Å². The van der Waals surface area contributed by atoms with Crippen LogP contribution in [0.1, 0.15) is 32.1 Å². The van der Waals surface area contributed by atoms with Crippen molar-refractivity contribution < 1.29 is 4.74 Å². The Morgan fingerprint density at radius 3 is 2.87 bits per heavy atom. The van der Waals surface area contributed by atoms with Crippen LogP contribution in [0.4, 0.5) is 0 Å². The van der Waals surface area contributed by atoms with Gasteiger partial charge in [-0.15, -0.1) is 0 Å². The molecule has 1 aliphatic heterocycles. The van der Waals surface area contributed by atoms with Crippen molar-refractivity contribution in [2.24, 2.45) is 11.7 Å². The van der Waals surface area contributed by atoms with Crippen LogP contribution in [0.3, 0.4) is 0 Å². The van der Waals surface area contributed by atoms with Gasteiger partial charge in [-0.25, -0.2) is 0 Å². The molecule has 2 aliphatic rings. The summed E-state index contributed by atoms with van der Waals surface area (Å²) >= 11 is 0. The molecule has 0 radical (unpaired) electrons. The highest BCUT2D eigenvalue weighted by atomic mass is 16.5. The van der Waals surface area contributed by atoms with Crippen molar-refractivity contribution >= 4 is 0 Å². The van der Waals surface area contributed by atoms with Crippen LogP contribution in [0.15, 0.2) is 0 Å². The van der Waals surface area contributed by atoms with Gasteiger partial charge in [0.2, 0.25) is 0 Å². The fraction of sp³-hybridized carbons (Fsp3) is 1.00. The average Bonchev–Trinajstić information content (AvgIpc) is 2.85. The van der Waals surface area contributed by atoms with Crippen LogP contribution in [0, 0.1) is 5.92 Å². The van der Waals surface area contributed by atoms with Crippen LogP contribution in [-0.2, 0) is 4.74 Å². The van der Waals surface area contributed by atoms with Gasteiger partial charge in [0.25, 0.3) is 0 Å². The van der Waals surface area contributed by atoms with Gasteiger partial charge in [-0.3, -0.25) is 4.90 Å². The van der Waals surface area contributed by atoms with Gasteiger partial charge >= 0.3 is 0 Å². The van der Waals surface area contributed by atoms with Gasteiger partial charge in [-0.05, 0) is 44.6 Å². The van der Waals surface area contributed by atoms with E-state index in [0.29, 0.717) is 6.04 Å². The molecule has 0 amide bonds. The second-order valence-corrected chi connectivity index (χ2v) is 5.07. The number of piperidine rings is 1. The lowest BCUT2D eigenvalue weighted by Crippen LogP contribution is -2.43. The highest BCUT2D eigenvalue weighted by Gasteiger charge is 2.40. The van der Waals surface area contributed by atoms with Crippen molar-refractivity contribution in [2.45, 2.75) is 44.2 Å². The van der Waals surface area contributed by atoms with Crippen molar-refractivity contribution in [3.05, 3.63) is 0 Å². The summed E-state index contributed by atoms with van der Waals surface area (Å²) in [5, 5.41) is 0. The van der Waals surface area contributed by atoms with E-state index in [2.05, 4.69) is 4.90 Å². The number of methoxy groups -OCH3 is 1. The second kappa shape index (κ2) is 5.28. The summed E-state index contributed by atoms with van der Waals surface area (Å²) in [6, 6.07) is 1.47. The van der Waals surface area contributed by atoms with Crippen molar-refractivity contribution in [1.29, 1.82) is 0 Å². The van der Waals surface area contributed by atoms with E-state index >= 15 is 0 Å². The number of hydrogen-bond acceptors (Lipinski definition) is 3. The zero-order chi connectivity index (χ0) is 10.7. The van der Waals surface area contributed by atoms with Crippen LogP contribution < -0.4 is 5.73 Å². The van der Waals surface area contributed by atoms with Gasteiger partial charge in [-0.1, -0.05) is 0 Å². The summed E-state index contributed by atoms with van der Waals surface area (Å²) < 4.78 is 5.34. The number of nitrogens with zero attached hydrogens (tertiary/aromatic N) is 1. The van der Waals surface area contributed by atoms with E-state index in [1.807, 2.05) is 7.11 Å². The molecule has 0 aromatic rings. The summed E-state index contributed by atoms with van der Waals surface area (Å²) in [4.78, 5) is 2.69. The number of ether oxygens (including phenoxy) is 1. The zero-order valence-corrected chi connectivity index (χ0v) is 9.82. The number of rotatable bonds is 6. The molecule has 1 aliphatic carbocycles. The maximum atomic E-state index is 5.59. The Morgan fingerprint density at radius 2 is 2.33 bits per heavy atom. The van der Waals surface area contributed by atoms with Gasteiger partial charge in [0.1, 0.15) is 0 Å². The van der Waals surface area contributed by atoms with Gasteiger partial charge in [-0.2, -0.15) is 0 Å². The molecular formula is C12H24N2O. The second-order valence-electron chi connectivity index (χ2n) is 5.07. The maximum Gasteiger partial charge on any atom is 0.0618 e. The first-order chi connectivity index (χ1) is 7.35. The molecule has 3 nitrogen and oxygen atoms in total. The van der Waals surface area contributed by atoms with Crippen molar-refractivity contribution in [2.75, 3.05) is 26.8 Å². The smallest absolute Gasteiger partial charge is 0.0618 e. The first-order valence-corrected chi connectivity index (χ1v) is 6.30. The molecule has 2 fully saturated rings. The third-order valence-electron chi connectivity index (χ3n) is 4.02. The molecule has 2 N–H and O–H groups in total. The third kappa shape index (κ3) is 2.52. The fourth-order valence-electron chi connectivity index (χ4n) is 3.30. The molecule has 1 heterocycles. The Labute approximate surface area is 93.0 Å². The number of fused-ring (bicyclic) bond motifs is 2. The van der Waals surface area contributed by atoms with E-state index in [4.69, 9.17) is 10.5 Å². The quantitative estimate of drug-likeness (QED) is 0.719. The minimum absolute atomic E-state index is 0.619. The predicted molar refractivity (Wildman–Crippen MR) is 61.8 cm³/mol. The van der Waals surface area contributed by atoms with Gasteiger partial charge in [0.05, 0.1) is 6.61 Å². The molecule has 2 rings (SSSR count). The molecule has 3 unspecified atom stereocenters. The SMILES string of the molecule is COCC(CCCN)N1CC2CCC1C2. The Bertz CT molecular complexity index is 198. The molecule has 88 valence electrons. The molecule has 1 saturated carbocycles. The summed E-state index contributed by atoms with van der Waals surface area (Å²) in [5.74, 6) is 0.979. The van der Waals surface area contributed by atoms with Crippen LogP contribution in [0.5, 0.6) is 0 Å². The molecular weight excluding hydrogens is 188 g/mol. The Balaban J connectivity index is 1.86. The normalized spacial score (nSPS) is 32.4. The van der Waals surface area contributed by atoms with Crippen molar-refractivity contribution in [1.82, 2.24) is 4.90 Å². The molecule has 15 heavy (non-hydrogen) atoms. The summed E-state index contributed by atoms with van der Waals surface area (Å²) in [6.07, 6.45) is 6.63.